The standard InChI is InChI=1S/C21H34O4/c1-15(2)11-17-12-16(13-17)8-9-19(23)18(7-6-10-22)14-20(24)25-21(3,4)5/h15-18,22H,6-7,10-14H2,1-5H3/t16-,17+,18-/m0/s1. The van der Waals surface area contributed by atoms with Crippen molar-refractivity contribution in [3.8, 4) is 11.8 Å². The van der Waals surface area contributed by atoms with Crippen LogP contribution in [0.2, 0.25) is 0 Å². The Balaban J connectivity index is 2.54. The lowest BCUT2D eigenvalue weighted by molar-refractivity contribution is -0.157. The molecule has 1 aliphatic carbocycles. The minimum Gasteiger partial charge on any atom is -0.460 e. The van der Waals surface area contributed by atoms with Crippen molar-refractivity contribution in [2.45, 2.75) is 78.7 Å². The average molecular weight is 350 g/mol. The first-order valence-corrected chi connectivity index (χ1v) is 9.48. The van der Waals surface area contributed by atoms with Gasteiger partial charge in [0.05, 0.1) is 6.42 Å². The molecule has 25 heavy (non-hydrogen) atoms. The van der Waals surface area contributed by atoms with Gasteiger partial charge in [0.25, 0.3) is 0 Å². The molecule has 0 aromatic carbocycles. The fourth-order valence-corrected chi connectivity index (χ4v) is 3.24. The van der Waals surface area contributed by atoms with Gasteiger partial charge in [-0.05, 0) is 70.6 Å². The van der Waals surface area contributed by atoms with Crippen LogP contribution in [-0.2, 0) is 14.3 Å². The number of aliphatic hydroxyl groups is 1. The molecule has 1 fully saturated rings. The molecule has 1 atom stereocenters. The summed E-state index contributed by atoms with van der Waals surface area (Å²) < 4.78 is 5.31. The topological polar surface area (TPSA) is 63.6 Å². The molecule has 4 heteroatoms. The van der Waals surface area contributed by atoms with Crippen molar-refractivity contribution in [3.63, 3.8) is 0 Å². The van der Waals surface area contributed by atoms with Gasteiger partial charge >= 0.3 is 5.97 Å². The number of hydrogen-bond donors (Lipinski definition) is 1. The SMILES string of the molecule is CC(C)C[C@H]1C[C@@H](C#CC(=O)[C@@H](CCCO)CC(=O)OC(C)(C)C)C1. The number of ketones is 1. The fourth-order valence-electron chi connectivity index (χ4n) is 3.24. The Morgan fingerprint density at radius 1 is 1.24 bits per heavy atom. The third kappa shape index (κ3) is 9.07. The highest BCUT2D eigenvalue weighted by molar-refractivity contribution is 5.99. The number of hydrogen-bond acceptors (Lipinski definition) is 4. The van der Waals surface area contributed by atoms with Crippen molar-refractivity contribution < 1.29 is 19.4 Å². The van der Waals surface area contributed by atoms with Crippen LogP contribution < -0.4 is 0 Å². The monoisotopic (exact) mass is 350 g/mol. The first-order valence-electron chi connectivity index (χ1n) is 9.48. The summed E-state index contributed by atoms with van der Waals surface area (Å²) in [6, 6.07) is 0. The Morgan fingerprint density at radius 3 is 2.40 bits per heavy atom. The Hall–Kier alpha value is -1.34. The smallest absolute Gasteiger partial charge is 0.307 e. The summed E-state index contributed by atoms with van der Waals surface area (Å²) in [5.41, 5.74) is -0.565. The van der Waals surface area contributed by atoms with Gasteiger partial charge in [-0.1, -0.05) is 19.8 Å². The molecule has 0 aromatic rings. The largest absolute Gasteiger partial charge is 0.460 e. The molecule has 0 bridgehead atoms. The van der Waals surface area contributed by atoms with Gasteiger partial charge in [0.15, 0.2) is 0 Å². The zero-order valence-electron chi connectivity index (χ0n) is 16.4. The molecule has 1 rings (SSSR count). The van der Waals surface area contributed by atoms with Gasteiger partial charge in [-0.2, -0.15) is 0 Å². The van der Waals surface area contributed by atoms with E-state index in [9.17, 15) is 9.59 Å². The number of aliphatic hydroxyl groups excluding tert-OH is 1. The van der Waals surface area contributed by atoms with Gasteiger partial charge in [0.2, 0.25) is 5.78 Å². The molecule has 142 valence electrons. The van der Waals surface area contributed by atoms with Crippen molar-refractivity contribution >= 4 is 11.8 Å². The number of ether oxygens (including phenoxy) is 1. The third-order valence-corrected chi connectivity index (χ3v) is 4.35. The molecule has 0 saturated heterocycles. The highest BCUT2D eigenvalue weighted by atomic mass is 16.6. The van der Waals surface area contributed by atoms with E-state index < -0.39 is 11.5 Å². The van der Waals surface area contributed by atoms with Gasteiger partial charge in [-0.15, -0.1) is 0 Å². The molecule has 1 saturated carbocycles. The van der Waals surface area contributed by atoms with Crippen LogP contribution >= 0.6 is 0 Å². The molecule has 0 heterocycles. The summed E-state index contributed by atoms with van der Waals surface area (Å²) in [6.45, 7) is 9.87. The quantitative estimate of drug-likeness (QED) is 0.411. The molecule has 4 nitrogen and oxygen atoms in total. The van der Waals surface area contributed by atoms with Gasteiger partial charge < -0.3 is 9.84 Å². The van der Waals surface area contributed by atoms with Crippen molar-refractivity contribution in [3.05, 3.63) is 0 Å². The second kappa shape index (κ2) is 9.97. The first kappa shape index (κ1) is 21.7. The minimum atomic E-state index is -0.565. The van der Waals surface area contributed by atoms with Crippen molar-refractivity contribution in [2.75, 3.05) is 6.61 Å². The summed E-state index contributed by atoms with van der Waals surface area (Å²) in [7, 11) is 0. The summed E-state index contributed by atoms with van der Waals surface area (Å²) in [4.78, 5) is 24.4. The van der Waals surface area contributed by atoms with E-state index in [0.29, 0.717) is 24.7 Å². The van der Waals surface area contributed by atoms with Crippen LogP contribution in [0.25, 0.3) is 0 Å². The number of carbonyl (C=O) groups is 2. The molecule has 1 aliphatic rings. The fraction of sp³-hybridized carbons (Fsp3) is 0.810. The lowest BCUT2D eigenvalue weighted by Crippen LogP contribution is -2.27. The van der Waals surface area contributed by atoms with Crippen LogP contribution in [0.4, 0.5) is 0 Å². The van der Waals surface area contributed by atoms with E-state index >= 15 is 0 Å². The Morgan fingerprint density at radius 2 is 1.88 bits per heavy atom. The molecule has 0 unspecified atom stereocenters. The normalized spacial score (nSPS) is 21.1. The average Bonchev–Trinajstić information content (AvgIpc) is 2.42. The second-order valence-electron chi connectivity index (χ2n) is 8.65. The lowest BCUT2D eigenvalue weighted by Gasteiger charge is -2.33. The molecule has 0 aliphatic heterocycles. The van der Waals surface area contributed by atoms with E-state index in [2.05, 4.69) is 25.7 Å². The van der Waals surface area contributed by atoms with Crippen molar-refractivity contribution in [2.24, 2.45) is 23.7 Å². The Bertz CT molecular complexity index is 498. The molecule has 0 amide bonds. The van der Waals surface area contributed by atoms with E-state index in [1.807, 2.05) is 0 Å². The highest BCUT2D eigenvalue weighted by Crippen LogP contribution is 2.37. The number of esters is 1. The molecular formula is C21H34O4. The zero-order valence-corrected chi connectivity index (χ0v) is 16.4. The summed E-state index contributed by atoms with van der Waals surface area (Å²) in [5.74, 6) is 6.53. The Kier molecular flexibility index (Phi) is 8.65. The maximum atomic E-state index is 12.4. The van der Waals surface area contributed by atoms with Crippen LogP contribution in [-0.4, -0.2) is 29.1 Å². The van der Waals surface area contributed by atoms with Crippen LogP contribution in [0.15, 0.2) is 0 Å². The number of rotatable bonds is 8. The van der Waals surface area contributed by atoms with Gasteiger partial charge in [0, 0.05) is 18.4 Å². The minimum absolute atomic E-state index is 0.00499. The van der Waals surface area contributed by atoms with E-state index in [1.54, 1.807) is 20.8 Å². The van der Waals surface area contributed by atoms with Crippen LogP contribution in [0.3, 0.4) is 0 Å². The Labute approximate surface area is 152 Å². The number of Topliss-reactive ketones (excluding diaryl/α,β-unsaturated/α-hetero) is 1. The van der Waals surface area contributed by atoms with E-state index in [1.165, 1.54) is 6.42 Å². The second-order valence-corrected chi connectivity index (χ2v) is 8.65. The number of carbonyl (C=O) groups excluding carboxylic acids is 2. The summed E-state index contributed by atoms with van der Waals surface area (Å²) >= 11 is 0. The predicted molar refractivity (Wildman–Crippen MR) is 98.7 cm³/mol. The zero-order chi connectivity index (χ0) is 19.0. The summed E-state index contributed by atoms with van der Waals surface area (Å²) in [5, 5.41) is 9.02. The molecule has 0 spiro atoms. The molecule has 1 N–H and O–H groups in total. The van der Waals surface area contributed by atoms with Crippen LogP contribution in [0, 0.1) is 35.5 Å². The van der Waals surface area contributed by atoms with Gasteiger partial charge in [0.1, 0.15) is 5.60 Å². The maximum absolute atomic E-state index is 12.4. The first-order chi connectivity index (χ1) is 11.6. The predicted octanol–water partition coefficient (Wildman–Crippen LogP) is 3.75. The van der Waals surface area contributed by atoms with Gasteiger partial charge in [-0.25, -0.2) is 0 Å². The van der Waals surface area contributed by atoms with E-state index in [4.69, 9.17) is 9.84 Å². The van der Waals surface area contributed by atoms with Crippen LogP contribution in [0.1, 0.15) is 73.1 Å². The van der Waals surface area contributed by atoms with Gasteiger partial charge in [-0.3, -0.25) is 9.59 Å². The molecule has 0 aromatic heterocycles. The van der Waals surface area contributed by atoms with E-state index in [0.717, 1.165) is 18.8 Å². The van der Waals surface area contributed by atoms with Crippen molar-refractivity contribution in [1.29, 1.82) is 0 Å². The maximum Gasteiger partial charge on any atom is 0.307 e. The van der Waals surface area contributed by atoms with Crippen LogP contribution in [0.5, 0.6) is 0 Å². The van der Waals surface area contributed by atoms with E-state index in [-0.39, 0.29) is 24.8 Å². The molecule has 0 radical (unpaired) electrons. The lowest BCUT2D eigenvalue weighted by atomic mass is 9.72. The van der Waals surface area contributed by atoms with Crippen molar-refractivity contribution in [1.82, 2.24) is 0 Å². The summed E-state index contributed by atoms with van der Waals surface area (Å²) in [6.07, 6.45) is 4.36. The highest BCUT2D eigenvalue weighted by Gasteiger charge is 2.29. The molecular weight excluding hydrogens is 316 g/mol. The third-order valence-electron chi connectivity index (χ3n) is 4.35.